The first kappa shape index (κ1) is 17.1. The van der Waals surface area contributed by atoms with Crippen LogP contribution in [-0.4, -0.2) is 41.9 Å². The Labute approximate surface area is 144 Å². The van der Waals surface area contributed by atoms with Gasteiger partial charge < -0.3 is 15.0 Å². The lowest BCUT2D eigenvalue weighted by molar-refractivity contribution is -0.122. The maximum Gasteiger partial charge on any atom is 0.229 e. The molecule has 2 amide bonds. The van der Waals surface area contributed by atoms with Crippen molar-refractivity contribution < 1.29 is 18.7 Å². The number of rotatable bonds is 6. The molecular weight excluding hydrogens is 327 g/mol. The third-order valence-electron chi connectivity index (χ3n) is 4.06. The van der Waals surface area contributed by atoms with Crippen molar-refractivity contribution in [2.24, 2.45) is 5.92 Å². The van der Waals surface area contributed by atoms with Gasteiger partial charge in [0.2, 0.25) is 11.8 Å². The molecule has 1 aliphatic heterocycles. The summed E-state index contributed by atoms with van der Waals surface area (Å²) >= 11 is 0. The summed E-state index contributed by atoms with van der Waals surface area (Å²) in [6.07, 6.45) is 3.40. The van der Waals surface area contributed by atoms with E-state index in [1.54, 1.807) is 24.2 Å². The number of carbonyl (C=O) groups is 2. The van der Waals surface area contributed by atoms with Crippen molar-refractivity contribution >= 4 is 23.2 Å². The number of methoxy groups -OCH3 is 1. The average molecular weight is 346 g/mol. The van der Waals surface area contributed by atoms with Crippen molar-refractivity contribution in [3.63, 3.8) is 0 Å². The largest absolute Gasteiger partial charge is 0.383 e. The molecule has 0 spiro atoms. The van der Waals surface area contributed by atoms with E-state index in [9.17, 15) is 14.0 Å². The Morgan fingerprint density at radius 3 is 2.88 bits per heavy atom. The van der Waals surface area contributed by atoms with Crippen LogP contribution in [0, 0.1) is 11.7 Å². The molecule has 8 heteroatoms. The monoisotopic (exact) mass is 346 g/mol. The van der Waals surface area contributed by atoms with Gasteiger partial charge in [0, 0.05) is 32.0 Å². The molecule has 1 aromatic carbocycles. The standard InChI is InChI=1S/C17H19FN4O3/c1-25-7-6-21-11-14(9-19-21)20-17(24)12-8-16(23)22(10-12)15-4-2-13(18)3-5-15/h2-5,9,11-12H,6-8,10H2,1H3,(H,20,24)/t12-/m1/s1. The Kier molecular flexibility index (Phi) is 5.08. The first-order valence-corrected chi connectivity index (χ1v) is 7.95. The summed E-state index contributed by atoms with van der Waals surface area (Å²) in [7, 11) is 1.61. The fraction of sp³-hybridized carbons (Fsp3) is 0.353. The van der Waals surface area contributed by atoms with E-state index in [1.165, 1.54) is 29.2 Å². The molecule has 0 bridgehead atoms. The van der Waals surface area contributed by atoms with Crippen molar-refractivity contribution in [1.29, 1.82) is 0 Å². The lowest BCUT2D eigenvalue weighted by atomic mass is 10.1. The molecule has 1 atom stereocenters. The lowest BCUT2D eigenvalue weighted by Crippen LogP contribution is -2.28. The number of carbonyl (C=O) groups excluding carboxylic acids is 2. The van der Waals surface area contributed by atoms with Gasteiger partial charge in [-0.05, 0) is 24.3 Å². The Bertz CT molecular complexity index is 760. The predicted octanol–water partition coefficient (Wildman–Crippen LogP) is 1.66. The third-order valence-corrected chi connectivity index (χ3v) is 4.06. The highest BCUT2D eigenvalue weighted by Crippen LogP contribution is 2.26. The van der Waals surface area contributed by atoms with Crippen LogP contribution < -0.4 is 10.2 Å². The zero-order valence-electron chi connectivity index (χ0n) is 13.8. The molecule has 0 aliphatic carbocycles. The maximum atomic E-state index is 13.0. The minimum atomic E-state index is -0.458. The molecule has 1 N–H and O–H groups in total. The van der Waals surface area contributed by atoms with Gasteiger partial charge in [0.25, 0.3) is 0 Å². The van der Waals surface area contributed by atoms with Gasteiger partial charge >= 0.3 is 0 Å². The molecule has 2 heterocycles. The molecule has 0 radical (unpaired) electrons. The molecule has 3 rings (SSSR count). The molecular formula is C17H19FN4O3. The first-order valence-electron chi connectivity index (χ1n) is 7.95. The number of ether oxygens (including phenoxy) is 1. The van der Waals surface area contributed by atoms with Crippen LogP contribution in [0.2, 0.25) is 0 Å². The first-order chi connectivity index (χ1) is 12.1. The number of anilines is 2. The van der Waals surface area contributed by atoms with Crippen LogP contribution in [0.15, 0.2) is 36.7 Å². The highest BCUT2D eigenvalue weighted by molar-refractivity contribution is 6.03. The lowest BCUT2D eigenvalue weighted by Gasteiger charge is -2.16. The van der Waals surface area contributed by atoms with Crippen molar-refractivity contribution in [1.82, 2.24) is 9.78 Å². The van der Waals surface area contributed by atoms with Crippen molar-refractivity contribution in [3.05, 3.63) is 42.5 Å². The average Bonchev–Trinajstić information content (AvgIpc) is 3.20. The second kappa shape index (κ2) is 7.43. The summed E-state index contributed by atoms with van der Waals surface area (Å²) in [5, 5.41) is 6.91. The number of aromatic nitrogens is 2. The van der Waals surface area contributed by atoms with Gasteiger partial charge in [-0.15, -0.1) is 0 Å². The third kappa shape index (κ3) is 4.03. The van der Waals surface area contributed by atoms with Gasteiger partial charge in [0.05, 0.1) is 31.0 Å². The van der Waals surface area contributed by atoms with E-state index >= 15 is 0 Å². The maximum absolute atomic E-state index is 13.0. The molecule has 7 nitrogen and oxygen atoms in total. The number of amides is 2. The van der Waals surface area contributed by atoms with E-state index in [2.05, 4.69) is 10.4 Å². The molecule has 1 aliphatic rings. The second-order valence-electron chi connectivity index (χ2n) is 5.86. The zero-order valence-corrected chi connectivity index (χ0v) is 13.8. The summed E-state index contributed by atoms with van der Waals surface area (Å²) < 4.78 is 19.7. The number of hydrogen-bond donors (Lipinski definition) is 1. The molecule has 132 valence electrons. The minimum absolute atomic E-state index is 0.126. The topological polar surface area (TPSA) is 76.5 Å². The fourth-order valence-electron chi connectivity index (χ4n) is 2.73. The van der Waals surface area contributed by atoms with Gasteiger partial charge in [-0.25, -0.2) is 4.39 Å². The highest BCUT2D eigenvalue weighted by Gasteiger charge is 2.35. The van der Waals surface area contributed by atoms with Gasteiger partial charge in [0.15, 0.2) is 0 Å². The SMILES string of the molecule is COCCn1cc(NC(=O)[C@@H]2CC(=O)N(c3ccc(F)cc3)C2)cn1. The number of halogens is 1. The minimum Gasteiger partial charge on any atom is -0.383 e. The number of benzene rings is 1. The van der Waals surface area contributed by atoms with E-state index in [4.69, 9.17) is 4.74 Å². The van der Waals surface area contributed by atoms with Gasteiger partial charge in [-0.2, -0.15) is 5.10 Å². The van der Waals surface area contributed by atoms with Crippen LogP contribution in [0.25, 0.3) is 0 Å². The Morgan fingerprint density at radius 2 is 2.16 bits per heavy atom. The molecule has 1 saturated heterocycles. The van der Waals surface area contributed by atoms with Gasteiger partial charge in [0.1, 0.15) is 5.82 Å². The summed E-state index contributed by atoms with van der Waals surface area (Å²) in [4.78, 5) is 26.1. The molecule has 0 unspecified atom stereocenters. The Balaban J connectivity index is 1.60. The van der Waals surface area contributed by atoms with E-state index in [0.29, 0.717) is 24.5 Å². The van der Waals surface area contributed by atoms with Crippen LogP contribution in [0.5, 0.6) is 0 Å². The summed E-state index contributed by atoms with van der Waals surface area (Å²) in [6.45, 7) is 1.39. The van der Waals surface area contributed by atoms with E-state index in [1.807, 2.05) is 0 Å². The molecule has 2 aromatic rings. The van der Waals surface area contributed by atoms with Crippen LogP contribution in [0.4, 0.5) is 15.8 Å². The summed E-state index contributed by atoms with van der Waals surface area (Å²) in [6, 6.07) is 5.66. The fourth-order valence-corrected chi connectivity index (χ4v) is 2.73. The number of hydrogen-bond acceptors (Lipinski definition) is 4. The number of nitrogens with zero attached hydrogens (tertiary/aromatic N) is 3. The molecule has 1 aromatic heterocycles. The number of nitrogens with one attached hydrogen (secondary N) is 1. The van der Waals surface area contributed by atoms with Crippen LogP contribution in [0.1, 0.15) is 6.42 Å². The smallest absolute Gasteiger partial charge is 0.229 e. The summed E-state index contributed by atoms with van der Waals surface area (Å²) in [5.41, 5.74) is 1.17. The van der Waals surface area contributed by atoms with Gasteiger partial charge in [-0.3, -0.25) is 14.3 Å². The predicted molar refractivity (Wildman–Crippen MR) is 89.6 cm³/mol. The normalized spacial score (nSPS) is 17.1. The highest BCUT2D eigenvalue weighted by atomic mass is 19.1. The van der Waals surface area contributed by atoms with Crippen molar-refractivity contribution in [2.45, 2.75) is 13.0 Å². The van der Waals surface area contributed by atoms with E-state index in [-0.39, 0.29) is 30.6 Å². The molecule has 1 fully saturated rings. The van der Waals surface area contributed by atoms with E-state index in [0.717, 1.165) is 0 Å². The zero-order chi connectivity index (χ0) is 17.8. The second-order valence-corrected chi connectivity index (χ2v) is 5.86. The van der Waals surface area contributed by atoms with Crippen LogP contribution in [-0.2, 0) is 20.9 Å². The van der Waals surface area contributed by atoms with Crippen LogP contribution >= 0.6 is 0 Å². The van der Waals surface area contributed by atoms with Crippen LogP contribution in [0.3, 0.4) is 0 Å². The van der Waals surface area contributed by atoms with E-state index < -0.39 is 5.92 Å². The Hall–Kier alpha value is -2.74. The Morgan fingerprint density at radius 1 is 1.40 bits per heavy atom. The quantitative estimate of drug-likeness (QED) is 0.863. The van der Waals surface area contributed by atoms with Crippen molar-refractivity contribution in [3.8, 4) is 0 Å². The summed E-state index contributed by atoms with van der Waals surface area (Å²) in [5.74, 6) is -1.21. The van der Waals surface area contributed by atoms with Crippen molar-refractivity contribution in [2.75, 3.05) is 30.5 Å². The molecule has 0 saturated carbocycles. The van der Waals surface area contributed by atoms with Gasteiger partial charge in [-0.1, -0.05) is 0 Å². The molecule has 25 heavy (non-hydrogen) atoms.